The van der Waals surface area contributed by atoms with Crippen LogP contribution in [-0.4, -0.2) is 28.7 Å². The van der Waals surface area contributed by atoms with E-state index in [2.05, 4.69) is 20.9 Å². The number of nitro groups is 1. The van der Waals surface area contributed by atoms with Crippen molar-refractivity contribution in [3.63, 3.8) is 0 Å². The molecule has 0 N–H and O–H groups in total. The molecular weight excluding hydrogens is 626 g/mol. The molecule has 0 amide bonds. The summed E-state index contributed by atoms with van der Waals surface area (Å²) in [7, 11) is 1.52. The first-order chi connectivity index (χ1) is 20.0. The Morgan fingerprint density at radius 3 is 2.67 bits per heavy atom. The Bertz CT molecular complexity index is 1950. The van der Waals surface area contributed by atoms with Crippen molar-refractivity contribution in [1.82, 2.24) is 4.57 Å². The minimum Gasteiger partial charge on any atom is -0.496 e. The van der Waals surface area contributed by atoms with Crippen molar-refractivity contribution in [3.8, 4) is 17.1 Å². The van der Waals surface area contributed by atoms with Crippen molar-refractivity contribution in [2.45, 2.75) is 39.8 Å². The van der Waals surface area contributed by atoms with Crippen LogP contribution < -0.4 is 19.6 Å². The van der Waals surface area contributed by atoms with Gasteiger partial charge in [0.25, 0.3) is 11.2 Å². The van der Waals surface area contributed by atoms with Gasteiger partial charge in [-0.05, 0) is 58.0 Å². The van der Waals surface area contributed by atoms with Crippen molar-refractivity contribution < 1.29 is 23.6 Å². The topological polar surface area (TPSA) is 126 Å². The summed E-state index contributed by atoms with van der Waals surface area (Å²) in [5, 5.41) is 11.4. The van der Waals surface area contributed by atoms with E-state index in [-0.39, 0.29) is 22.9 Å². The molecule has 4 aromatic rings. The maximum atomic E-state index is 14.0. The van der Waals surface area contributed by atoms with Crippen LogP contribution in [0.15, 0.2) is 78.5 Å². The number of ether oxygens (including phenoxy) is 2. The first kappa shape index (κ1) is 29.2. The van der Waals surface area contributed by atoms with E-state index in [4.69, 9.17) is 13.9 Å². The number of carbonyl (C=O) groups excluding carboxylic acids is 1. The van der Waals surface area contributed by atoms with Crippen molar-refractivity contribution >= 4 is 45.0 Å². The highest BCUT2D eigenvalue weighted by atomic mass is 79.9. The van der Waals surface area contributed by atoms with Crippen LogP contribution in [-0.2, 0) is 9.53 Å². The Kier molecular flexibility index (Phi) is 8.02. The molecular formula is C30H26BrN3O7S. The molecule has 5 rings (SSSR count). The van der Waals surface area contributed by atoms with Gasteiger partial charge in [-0.15, -0.1) is 0 Å². The Balaban J connectivity index is 1.67. The lowest BCUT2D eigenvalue weighted by Gasteiger charge is -2.26. The summed E-state index contributed by atoms with van der Waals surface area (Å²) in [5.74, 6) is 0.732. The highest BCUT2D eigenvalue weighted by Crippen LogP contribution is 2.37. The van der Waals surface area contributed by atoms with Gasteiger partial charge in [-0.2, -0.15) is 0 Å². The largest absolute Gasteiger partial charge is 0.496 e. The normalized spacial score (nSPS) is 15.0. The van der Waals surface area contributed by atoms with E-state index in [0.29, 0.717) is 49.0 Å². The number of hydrogen-bond acceptors (Lipinski definition) is 9. The molecule has 1 aliphatic heterocycles. The van der Waals surface area contributed by atoms with E-state index in [0.717, 1.165) is 15.8 Å². The minimum atomic E-state index is -0.859. The number of nitro benzene ring substituents is 1. The van der Waals surface area contributed by atoms with E-state index >= 15 is 0 Å². The number of allylic oxidation sites excluding steroid dienone is 1. The van der Waals surface area contributed by atoms with Gasteiger partial charge in [0.05, 0.1) is 33.9 Å². The number of carbonyl (C=O) groups is 1. The molecule has 0 spiro atoms. The van der Waals surface area contributed by atoms with E-state index in [1.165, 1.54) is 17.7 Å². The van der Waals surface area contributed by atoms with Crippen LogP contribution in [0.2, 0.25) is 0 Å². The molecule has 10 nitrogen and oxygen atoms in total. The number of hydrogen-bond donors (Lipinski definition) is 0. The highest BCUT2D eigenvalue weighted by molar-refractivity contribution is 9.10. The van der Waals surface area contributed by atoms with Gasteiger partial charge in [0, 0.05) is 33.3 Å². The second kappa shape index (κ2) is 11.5. The van der Waals surface area contributed by atoms with Crippen molar-refractivity contribution in [2.24, 2.45) is 4.99 Å². The van der Waals surface area contributed by atoms with Crippen LogP contribution in [0.3, 0.4) is 0 Å². The Labute approximate surface area is 252 Å². The minimum absolute atomic E-state index is 0.0103. The average molecular weight is 653 g/mol. The predicted octanol–water partition coefficient (Wildman–Crippen LogP) is 5.43. The quantitative estimate of drug-likeness (QED) is 0.148. The molecule has 0 fully saturated rings. The first-order valence-corrected chi connectivity index (χ1v) is 14.5. The molecule has 3 heterocycles. The van der Waals surface area contributed by atoms with E-state index in [1.807, 2.05) is 12.1 Å². The van der Waals surface area contributed by atoms with Crippen LogP contribution in [0.5, 0.6) is 5.75 Å². The van der Waals surface area contributed by atoms with Gasteiger partial charge < -0.3 is 13.9 Å². The third-order valence-corrected chi connectivity index (χ3v) is 8.21. The molecule has 1 aliphatic rings. The molecule has 2 aromatic heterocycles. The van der Waals surface area contributed by atoms with Crippen LogP contribution in [0.4, 0.5) is 5.69 Å². The van der Waals surface area contributed by atoms with E-state index in [9.17, 15) is 19.7 Å². The Hall–Kier alpha value is -4.29. The zero-order valence-electron chi connectivity index (χ0n) is 23.3. The van der Waals surface area contributed by atoms with Crippen LogP contribution in [0, 0.1) is 17.0 Å². The monoisotopic (exact) mass is 651 g/mol. The van der Waals surface area contributed by atoms with Gasteiger partial charge >= 0.3 is 5.97 Å². The molecule has 2 aromatic carbocycles. The van der Waals surface area contributed by atoms with Crippen molar-refractivity contribution in [1.29, 1.82) is 0 Å². The van der Waals surface area contributed by atoms with Gasteiger partial charge in [0.2, 0.25) is 0 Å². The second-order valence-corrected chi connectivity index (χ2v) is 11.8. The fourth-order valence-electron chi connectivity index (χ4n) is 4.87. The fourth-order valence-corrected chi connectivity index (χ4v) is 6.27. The standard InChI is InChI=1S/C30H26BrN3O7S/c1-15(2)40-29(36)26-17(4)32-30-33(27(26)21-13-18(31)9-11-23(21)39-5)28(35)25(42-30)14-19-10-12-24(41-19)20-7-6-8-22(16(20)3)34(37)38/h6-15,27H,1-5H3/b25-14-/t27-/m0/s1. The van der Waals surface area contributed by atoms with Gasteiger partial charge in [0.1, 0.15) is 23.3 Å². The van der Waals surface area contributed by atoms with Crippen LogP contribution >= 0.6 is 27.3 Å². The molecule has 42 heavy (non-hydrogen) atoms. The third kappa shape index (κ3) is 5.35. The molecule has 1 atom stereocenters. The molecule has 0 radical (unpaired) electrons. The van der Waals surface area contributed by atoms with Gasteiger partial charge in [-0.3, -0.25) is 19.5 Å². The maximum absolute atomic E-state index is 14.0. The SMILES string of the molecule is COc1ccc(Br)cc1[C@H]1C(C(=O)OC(C)C)=C(C)N=c2s/c(=C\c3ccc(-c4cccc([N+](=O)[O-])c4C)o3)c(=O)n21. The number of halogens is 1. The third-order valence-electron chi connectivity index (χ3n) is 6.74. The number of methoxy groups -OCH3 is 1. The summed E-state index contributed by atoms with van der Waals surface area (Å²) in [4.78, 5) is 43.3. The lowest BCUT2D eigenvalue weighted by atomic mass is 9.95. The zero-order chi connectivity index (χ0) is 30.3. The lowest BCUT2D eigenvalue weighted by Crippen LogP contribution is -2.40. The van der Waals surface area contributed by atoms with Crippen LogP contribution in [0.1, 0.15) is 43.7 Å². The smallest absolute Gasteiger partial charge is 0.338 e. The number of thiazole rings is 1. The first-order valence-electron chi connectivity index (χ1n) is 12.9. The van der Waals surface area contributed by atoms with Crippen molar-refractivity contribution in [2.75, 3.05) is 7.11 Å². The summed E-state index contributed by atoms with van der Waals surface area (Å²) in [6, 6.07) is 12.7. The number of benzene rings is 2. The fraction of sp³-hybridized carbons (Fsp3) is 0.233. The van der Waals surface area contributed by atoms with Gasteiger partial charge in [-0.25, -0.2) is 9.79 Å². The second-order valence-electron chi connectivity index (χ2n) is 9.83. The molecule has 12 heteroatoms. The summed E-state index contributed by atoms with van der Waals surface area (Å²) in [5.41, 5.74) is 1.92. The summed E-state index contributed by atoms with van der Waals surface area (Å²) >= 11 is 4.66. The number of aromatic nitrogens is 1. The maximum Gasteiger partial charge on any atom is 0.338 e. The summed E-state index contributed by atoms with van der Waals surface area (Å²) in [6.45, 7) is 6.88. The van der Waals surface area contributed by atoms with Crippen molar-refractivity contribution in [3.05, 3.63) is 111 Å². The number of furan rings is 1. The highest BCUT2D eigenvalue weighted by Gasteiger charge is 2.35. The Morgan fingerprint density at radius 2 is 1.98 bits per heavy atom. The molecule has 0 saturated heterocycles. The molecule has 0 unspecified atom stereocenters. The lowest BCUT2D eigenvalue weighted by molar-refractivity contribution is -0.385. The molecule has 0 aliphatic carbocycles. The number of esters is 1. The Morgan fingerprint density at radius 1 is 1.21 bits per heavy atom. The number of nitrogens with zero attached hydrogens (tertiary/aromatic N) is 3. The molecule has 216 valence electrons. The average Bonchev–Trinajstić information content (AvgIpc) is 3.51. The van der Waals surface area contributed by atoms with Gasteiger partial charge in [-0.1, -0.05) is 39.4 Å². The van der Waals surface area contributed by atoms with E-state index < -0.39 is 16.9 Å². The van der Waals surface area contributed by atoms with Gasteiger partial charge in [0.15, 0.2) is 4.80 Å². The zero-order valence-corrected chi connectivity index (χ0v) is 25.7. The van der Waals surface area contributed by atoms with E-state index in [1.54, 1.807) is 64.1 Å². The number of fused-ring (bicyclic) bond motifs is 1. The summed E-state index contributed by atoms with van der Waals surface area (Å²) < 4.78 is 19.7. The predicted molar refractivity (Wildman–Crippen MR) is 161 cm³/mol. The van der Waals surface area contributed by atoms with Crippen LogP contribution in [0.25, 0.3) is 17.4 Å². The summed E-state index contributed by atoms with van der Waals surface area (Å²) in [6.07, 6.45) is 1.22. The molecule has 0 saturated carbocycles. The molecule has 0 bridgehead atoms. The number of rotatable bonds is 7.